The fourth-order valence-electron chi connectivity index (χ4n) is 3.80. The molecule has 0 aliphatic carbocycles. The summed E-state index contributed by atoms with van der Waals surface area (Å²) in [6.07, 6.45) is 2.21. The average Bonchev–Trinajstić information content (AvgIpc) is 2.89. The van der Waals surface area contributed by atoms with Gasteiger partial charge in [0.15, 0.2) is 23.0 Å². The van der Waals surface area contributed by atoms with E-state index in [-0.39, 0.29) is 17.3 Å². The molecular weight excluding hydrogens is 508 g/mol. The van der Waals surface area contributed by atoms with Crippen LogP contribution in [0.25, 0.3) is 0 Å². The van der Waals surface area contributed by atoms with E-state index in [9.17, 15) is 13.2 Å². The molecule has 1 amide bonds. The van der Waals surface area contributed by atoms with Crippen molar-refractivity contribution in [3.05, 3.63) is 35.9 Å². The topological polar surface area (TPSA) is 113 Å². The number of nitrogens with one attached hydrogen (secondary N) is 1. The van der Waals surface area contributed by atoms with Gasteiger partial charge in [0, 0.05) is 25.2 Å². The number of likely N-dealkylation sites (N-methyl/N-ethyl adjacent to an activating group) is 1. The van der Waals surface area contributed by atoms with Crippen LogP contribution in [0.5, 0.6) is 28.7 Å². The van der Waals surface area contributed by atoms with E-state index in [0.717, 1.165) is 0 Å². The van der Waals surface area contributed by atoms with Crippen molar-refractivity contribution in [2.24, 2.45) is 0 Å². The molecule has 0 radical (unpaired) electrons. The molecule has 0 fully saturated rings. The Morgan fingerprint density at radius 3 is 2.39 bits per heavy atom. The highest BCUT2D eigenvalue weighted by Crippen LogP contribution is 2.40. The second-order valence-electron chi connectivity index (χ2n) is 7.95. The van der Waals surface area contributed by atoms with Crippen LogP contribution in [0.1, 0.15) is 12.0 Å². The fourth-order valence-corrected chi connectivity index (χ4v) is 5.51. The molecule has 36 heavy (non-hydrogen) atoms. The van der Waals surface area contributed by atoms with Crippen molar-refractivity contribution < 1.29 is 36.9 Å². The molecule has 0 spiro atoms. The molecule has 1 N–H and O–H groups in total. The molecule has 1 aliphatic heterocycles. The summed E-state index contributed by atoms with van der Waals surface area (Å²) in [7, 11) is 2.14. The van der Waals surface area contributed by atoms with E-state index in [4.69, 9.17) is 23.7 Å². The van der Waals surface area contributed by atoms with Gasteiger partial charge < -0.3 is 28.6 Å². The number of rotatable bonds is 12. The third-order valence-electron chi connectivity index (χ3n) is 5.60. The van der Waals surface area contributed by atoms with Crippen LogP contribution < -0.4 is 28.4 Å². The van der Waals surface area contributed by atoms with Crippen molar-refractivity contribution in [3.63, 3.8) is 0 Å². The van der Waals surface area contributed by atoms with E-state index >= 15 is 0 Å². The van der Waals surface area contributed by atoms with E-state index in [2.05, 4.69) is 4.72 Å². The minimum atomic E-state index is -4.01. The summed E-state index contributed by atoms with van der Waals surface area (Å²) in [6.45, 7) is 0.910. The monoisotopic (exact) mass is 540 g/mol. The Balaban J connectivity index is 1.82. The lowest BCUT2D eigenvalue weighted by Gasteiger charge is -2.26. The maximum atomic E-state index is 13.4. The number of ether oxygens (including phenoxy) is 5. The quantitative estimate of drug-likeness (QED) is 0.434. The summed E-state index contributed by atoms with van der Waals surface area (Å²) >= 11 is 1.53. The zero-order chi connectivity index (χ0) is 26.3. The number of fused-ring (bicyclic) bond motifs is 1. The minimum absolute atomic E-state index is 0.00193. The summed E-state index contributed by atoms with van der Waals surface area (Å²) in [4.78, 5) is 14.9. The molecule has 1 heterocycles. The number of hydrogen-bond donors (Lipinski definition) is 1. The zero-order valence-electron chi connectivity index (χ0n) is 21.0. The zero-order valence-corrected chi connectivity index (χ0v) is 22.7. The van der Waals surface area contributed by atoms with Gasteiger partial charge in [-0.3, -0.25) is 4.79 Å². The van der Waals surface area contributed by atoms with Crippen LogP contribution in [0, 0.1) is 0 Å². The Morgan fingerprint density at radius 2 is 1.75 bits per heavy atom. The second-order valence-corrected chi connectivity index (χ2v) is 10.6. The van der Waals surface area contributed by atoms with Crippen LogP contribution in [-0.2, 0) is 21.4 Å². The Kier molecular flexibility index (Phi) is 9.57. The Hall–Kier alpha value is -2.83. The fraction of sp³-hybridized carbons (Fsp3) is 0.458. The Morgan fingerprint density at radius 1 is 1.06 bits per heavy atom. The van der Waals surface area contributed by atoms with Gasteiger partial charge in [0.1, 0.15) is 19.3 Å². The Bertz CT molecular complexity index is 1170. The molecule has 0 saturated heterocycles. The van der Waals surface area contributed by atoms with Crippen LogP contribution in [0.3, 0.4) is 0 Å². The van der Waals surface area contributed by atoms with Crippen LogP contribution in [0.2, 0.25) is 0 Å². The van der Waals surface area contributed by atoms with Crippen LogP contribution in [0.4, 0.5) is 0 Å². The van der Waals surface area contributed by atoms with Gasteiger partial charge in [-0.1, -0.05) is 0 Å². The van der Waals surface area contributed by atoms with Crippen molar-refractivity contribution in [2.45, 2.75) is 23.9 Å². The van der Waals surface area contributed by atoms with Gasteiger partial charge in [-0.2, -0.15) is 16.5 Å². The van der Waals surface area contributed by atoms with Gasteiger partial charge in [-0.15, -0.1) is 0 Å². The van der Waals surface area contributed by atoms with E-state index in [1.165, 1.54) is 50.1 Å². The predicted molar refractivity (Wildman–Crippen MR) is 137 cm³/mol. The molecule has 2 aromatic rings. The number of nitrogens with zero attached hydrogens (tertiary/aromatic N) is 1. The molecule has 0 aromatic heterocycles. The maximum Gasteiger partial charge on any atom is 0.241 e. The lowest BCUT2D eigenvalue weighted by Crippen LogP contribution is -2.47. The highest BCUT2D eigenvalue weighted by atomic mass is 32.2. The third-order valence-corrected chi connectivity index (χ3v) is 7.71. The summed E-state index contributed by atoms with van der Waals surface area (Å²) in [5.41, 5.74) is 0.685. The standard InChI is InChI=1S/C24H32N2O8S2/c1-26(15-16-6-8-20(30-2)23(32-4)22(16)31-3)24(27)18(10-13-35-5)25-36(28,29)17-7-9-19-21(14-17)34-12-11-33-19/h6-9,14,18,25H,10-13,15H2,1-5H3/t18-/m1/s1. The van der Waals surface area contributed by atoms with E-state index in [1.807, 2.05) is 6.26 Å². The predicted octanol–water partition coefficient (Wildman–Crippen LogP) is 2.54. The molecule has 12 heteroatoms. The summed E-state index contributed by atoms with van der Waals surface area (Å²) in [6, 6.07) is 6.93. The highest BCUT2D eigenvalue weighted by Gasteiger charge is 2.29. The normalized spacial score (nSPS) is 13.6. The molecule has 0 saturated carbocycles. The maximum absolute atomic E-state index is 13.4. The molecule has 0 bridgehead atoms. The number of methoxy groups -OCH3 is 3. The average molecular weight is 541 g/mol. The molecule has 198 valence electrons. The number of amides is 1. The first-order valence-corrected chi connectivity index (χ1v) is 14.1. The van der Waals surface area contributed by atoms with Gasteiger partial charge in [0.2, 0.25) is 21.7 Å². The molecular formula is C24H32N2O8S2. The van der Waals surface area contributed by atoms with Crippen LogP contribution in [0.15, 0.2) is 35.2 Å². The van der Waals surface area contributed by atoms with E-state index < -0.39 is 16.1 Å². The summed E-state index contributed by atoms with van der Waals surface area (Å²) in [5, 5.41) is 0. The van der Waals surface area contributed by atoms with E-state index in [1.54, 1.807) is 25.2 Å². The molecule has 1 atom stereocenters. The van der Waals surface area contributed by atoms with Gasteiger partial charge in [0.05, 0.1) is 26.2 Å². The van der Waals surface area contributed by atoms with E-state index in [0.29, 0.717) is 59.7 Å². The first-order valence-electron chi connectivity index (χ1n) is 11.2. The number of benzene rings is 2. The van der Waals surface area contributed by atoms with Crippen molar-refractivity contribution in [1.29, 1.82) is 0 Å². The third kappa shape index (κ3) is 6.29. The largest absolute Gasteiger partial charge is 0.493 e. The second kappa shape index (κ2) is 12.4. The lowest BCUT2D eigenvalue weighted by molar-refractivity contribution is -0.132. The van der Waals surface area contributed by atoms with Crippen LogP contribution >= 0.6 is 11.8 Å². The number of carbonyl (C=O) groups excluding carboxylic acids is 1. The summed E-state index contributed by atoms with van der Waals surface area (Å²) in [5.74, 6) is 2.41. The first-order chi connectivity index (χ1) is 17.2. The van der Waals surface area contributed by atoms with Gasteiger partial charge >= 0.3 is 0 Å². The SMILES string of the molecule is COc1ccc(CN(C)C(=O)[C@@H](CCSC)NS(=O)(=O)c2ccc3c(c2)OCCO3)c(OC)c1OC. The molecule has 3 rings (SSSR count). The van der Waals surface area contributed by atoms with Crippen LogP contribution in [-0.4, -0.2) is 78.9 Å². The smallest absolute Gasteiger partial charge is 0.241 e. The number of sulfonamides is 1. The van der Waals surface area contributed by atoms with Crippen molar-refractivity contribution in [3.8, 4) is 28.7 Å². The van der Waals surface area contributed by atoms with Crippen molar-refractivity contribution in [1.82, 2.24) is 9.62 Å². The molecule has 1 aliphatic rings. The first kappa shape index (κ1) is 27.8. The number of hydrogen-bond acceptors (Lipinski definition) is 9. The van der Waals surface area contributed by atoms with Crippen molar-refractivity contribution in [2.75, 3.05) is 53.6 Å². The molecule has 10 nitrogen and oxygen atoms in total. The minimum Gasteiger partial charge on any atom is -0.493 e. The molecule has 0 unspecified atom stereocenters. The van der Waals surface area contributed by atoms with Crippen molar-refractivity contribution >= 4 is 27.7 Å². The van der Waals surface area contributed by atoms with Gasteiger partial charge in [-0.25, -0.2) is 8.42 Å². The lowest BCUT2D eigenvalue weighted by atomic mass is 10.1. The number of thioether (sulfide) groups is 1. The molecule has 2 aromatic carbocycles. The van der Waals surface area contributed by atoms with Gasteiger partial charge in [0.25, 0.3) is 0 Å². The highest BCUT2D eigenvalue weighted by molar-refractivity contribution is 7.98. The van der Waals surface area contributed by atoms with Gasteiger partial charge in [-0.05, 0) is 42.7 Å². The number of carbonyl (C=O) groups is 1. The summed E-state index contributed by atoms with van der Waals surface area (Å²) < 4.78 is 56.2. The Labute approximate surface area is 216 Å².